The SMILES string of the molecule is Cc1nc(C(=O)O)c(-c2c(C)cccc2C)s1. The Kier molecular flexibility index (Phi) is 2.98. The molecule has 0 spiro atoms. The molecule has 0 saturated carbocycles. The zero-order valence-electron chi connectivity index (χ0n) is 9.94. The molecule has 3 nitrogen and oxygen atoms in total. The first-order chi connectivity index (χ1) is 8.00. The summed E-state index contributed by atoms with van der Waals surface area (Å²) in [5.41, 5.74) is 3.31. The van der Waals surface area contributed by atoms with Crippen molar-refractivity contribution in [1.29, 1.82) is 0 Å². The minimum atomic E-state index is -0.966. The van der Waals surface area contributed by atoms with E-state index in [4.69, 9.17) is 5.11 Å². The Morgan fingerprint density at radius 3 is 2.35 bits per heavy atom. The number of aromatic carboxylic acids is 1. The molecule has 0 atom stereocenters. The van der Waals surface area contributed by atoms with Crippen molar-refractivity contribution < 1.29 is 9.90 Å². The maximum Gasteiger partial charge on any atom is 0.356 e. The summed E-state index contributed by atoms with van der Waals surface area (Å²) in [6, 6.07) is 5.95. The van der Waals surface area contributed by atoms with Crippen molar-refractivity contribution in [3.05, 3.63) is 40.0 Å². The van der Waals surface area contributed by atoms with E-state index < -0.39 is 5.97 Å². The molecule has 2 rings (SSSR count). The summed E-state index contributed by atoms with van der Waals surface area (Å²) in [5.74, 6) is -0.966. The number of carboxylic acids is 1. The van der Waals surface area contributed by atoms with Gasteiger partial charge in [-0.25, -0.2) is 9.78 Å². The first-order valence-electron chi connectivity index (χ1n) is 5.28. The molecule has 0 fully saturated rings. The van der Waals surface area contributed by atoms with Gasteiger partial charge in [0.2, 0.25) is 0 Å². The lowest BCUT2D eigenvalue weighted by Crippen LogP contribution is -2.00. The van der Waals surface area contributed by atoms with Gasteiger partial charge in [-0.05, 0) is 31.9 Å². The third kappa shape index (κ3) is 2.08. The van der Waals surface area contributed by atoms with Gasteiger partial charge in [0.15, 0.2) is 5.69 Å². The van der Waals surface area contributed by atoms with Crippen LogP contribution in [0.25, 0.3) is 10.4 Å². The van der Waals surface area contributed by atoms with Gasteiger partial charge < -0.3 is 5.11 Å². The normalized spacial score (nSPS) is 10.5. The third-order valence-corrected chi connectivity index (χ3v) is 3.63. The van der Waals surface area contributed by atoms with Crippen molar-refractivity contribution in [1.82, 2.24) is 4.98 Å². The summed E-state index contributed by atoms with van der Waals surface area (Å²) in [4.78, 5) is 16.0. The van der Waals surface area contributed by atoms with Gasteiger partial charge in [-0.2, -0.15) is 0 Å². The van der Waals surface area contributed by atoms with Crippen LogP contribution in [-0.2, 0) is 0 Å². The molecule has 0 bridgehead atoms. The number of aromatic nitrogens is 1. The minimum Gasteiger partial charge on any atom is -0.476 e. The molecule has 0 radical (unpaired) electrons. The first-order valence-corrected chi connectivity index (χ1v) is 6.09. The first kappa shape index (κ1) is 11.8. The highest BCUT2D eigenvalue weighted by Crippen LogP contribution is 2.34. The fourth-order valence-electron chi connectivity index (χ4n) is 1.91. The molecule has 1 heterocycles. The van der Waals surface area contributed by atoms with Crippen LogP contribution in [-0.4, -0.2) is 16.1 Å². The number of thiazole rings is 1. The highest BCUT2D eigenvalue weighted by Gasteiger charge is 2.19. The number of aryl methyl sites for hydroxylation is 3. The van der Waals surface area contributed by atoms with Gasteiger partial charge in [0.25, 0.3) is 0 Å². The Morgan fingerprint density at radius 2 is 1.82 bits per heavy atom. The molecule has 0 unspecified atom stereocenters. The standard InChI is InChI=1S/C13H13NO2S/c1-7-5-4-6-8(2)10(7)12-11(13(15)16)14-9(3)17-12/h4-6H,1-3H3,(H,15,16). The van der Waals surface area contributed by atoms with Crippen LogP contribution in [0.15, 0.2) is 18.2 Å². The molecule has 17 heavy (non-hydrogen) atoms. The predicted octanol–water partition coefficient (Wildman–Crippen LogP) is 3.43. The molecular formula is C13H13NO2S. The van der Waals surface area contributed by atoms with Gasteiger partial charge >= 0.3 is 5.97 Å². The highest BCUT2D eigenvalue weighted by atomic mass is 32.1. The lowest BCUT2D eigenvalue weighted by Gasteiger charge is -2.07. The zero-order chi connectivity index (χ0) is 12.6. The van der Waals surface area contributed by atoms with Crippen molar-refractivity contribution in [3.8, 4) is 10.4 Å². The van der Waals surface area contributed by atoms with Crippen LogP contribution in [0.3, 0.4) is 0 Å². The fourth-order valence-corrected chi connectivity index (χ4v) is 3.00. The monoisotopic (exact) mass is 247 g/mol. The lowest BCUT2D eigenvalue weighted by molar-refractivity contribution is 0.0692. The number of carboxylic acid groups (broad SMARTS) is 1. The van der Waals surface area contributed by atoms with Gasteiger partial charge in [0.05, 0.1) is 9.88 Å². The van der Waals surface area contributed by atoms with Gasteiger partial charge in [-0.1, -0.05) is 18.2 Å². The largest absolute Gasteiger partial charge is 0.476 e. The number of carbonyl (C=O) groups is 1. The Morgan fingerprint density at radius 1 is 1.24 bits per heavy atom. The Labute approximate surface area is 104 Å². The third-order valence-electron chi connectivity index (χ3n) is 2.64. The predicted molar refractivity (Wildman–Crippen MR) is 68.7 cm³/mol. The summed E-state index contributed by atoms with van der Waals surface area (Å²) >= 11 is 1.43. The van der Waals surface area contributed by atoms with E-state index in [2.05, 4.69) is 4.98 Å². The van der Waals surface area contributed by atoms with Gasteiger partial charge in [-0.15, -0.1) is 11.3 Å². The highest BCUT2D eigenvalue weighted by molar-refractivity contribution is 7.15. The minimum absolute atomic E-state index is 0.157. The van der Waals surface area contributed by atoms with E-state index in [1.807, 2.05) is 39.0 Å². The van der Waals surface area contributed by atoms with E-state index in [0.717, 1.165) is 26.6 Å². The van der Waals surface area contributed by atoms with Crippen LogP contribution in [0.4, 0.5) is 0 Å². The van der Waals surface area contributed by atoms with Crippen LogP contribution < -0.4 is 0 Å². The van der Waals surface area contributed by atoms with Crippen molar-refractivity contribution in [2.75, 3.05) is 0 Å². The Hall–Kier alpha value is -1.68. The number of nitrogens with zero attached hydrogens (tertiary/aromatic N) is 1. The number of rotatable bonds is 2. The zero-order valence-corrected chi connectivity index (χ0v) is 10.8. The molecule has 0 saturated heterocycles. The quantitative estimate of drug-likeness (QED) is 0.884. The maximum atomic E-state index is 11.2. The molecule has 1 aromatic heterocycles. The topological polar surface area (TPSA) is 50.2 Å². The summed E-state index contributed by atoms with van der Waals surface area (Å²) < 4.78 is 0. The maximum absolute atomic E-state index is 11.2. The second kappa shape index (κ2) is 4.30. The van der Waals surface area contributed by atoms with E-state index in [-0.39, 0.29) is 5.69 Å². The van der Waals surface area contributed by atoms with Gasteiger partial charge in [0.1, 0.15) is 0 Å². The molecule has 0 aliphatic carbocycles. The van der Waals surface area contributed by atoms with Crippen LogP contribution in [0.1, 0.15) is 26.6 Å². The van der Waals surface area contributed by atoms with Crippen LogP contribution >= 0.6 is 11.3 Å². The second-order valence-electron chi connectivity index (χ2n) is 3.98. The fraction of sp³-hybridized carbons (Fsp3) is 0.231. The van der Waals surface area contributed by atoms with Crippen molar-refractivity contribution in [2.24, 2.45) is 0 Å². The molecule has 0 amide bonds. The molecular weight excluding hydrogens is 234 g/mol. The molecule has 2 aromatic rings. The molecule has 0 aliphatic rings. The molecule has 4 heteroatoms. The second-order valence-corrected chi connectivity index (χ2v) is 5.19. The van der Waals surface area contributed by atoms with E-state index in [9.17, 15) is 4.79 Å². The van der Waals surface area contributed by atoms with Crippen LogP contribution in [0.5, 0.6) is 0 Å². The van der Waals surface area contributed by atoms with Crippen LogP contribution in [0.2, 0.25) is 0 Å². The molecule has 88 valence electrons. The van der Waals surface area contributed by atoms with Gasteiger partial charge in [-0.3, -0.25) is 0 Å². The van der Waals surface area contributed by atoms with E-state index >= 15 is 0 Å². The molecule has 1 aromatic carbocycles. The number of benzene rings is 1. The van der Waals surface area contributed by atoms with E-state index in [1.165, 1.54) is 11.3 Å². The number of hydrogen-bond acceptors (Lipinski definition) is 3. The average molecular weight is 247 g/mol. The average Bonchev–Trinajstić information content (AvgIpc) is 2.60. The molecule has 0 aliphatic heterocycles. The van der Waals surface area contributed by atoms with Crippen LogP contribution in [0, 0.1) is 20.8 Å². The summed E-state index contributed by atoms with van der Waals surface area (Å²) in [5, 5.41) is 9.94. The van der Waals surface area contributed by atoms with Crippen molar-refractivity contribution in [3.63, 3.8) is 0 Å². The smallest absolute Gasteiger partial charge is 0.356 e. The van der Waals surface area contributed by atoms with Crippen molar-refractivity contribution in [2.45, 2.75) is 20.8 Å². The lowest BCUT2D eigenvalue weighted by atomic mass is 10.0. The van der Waals surface area contributed by atoms with Crippen molar-refractivity contribution >= 4 is 17.3 Å². The molecule has 1 N–H and O–H groups in total. The summed E-state index contributed by atoms with van der Waals surface area (Å²) in [6.07, 6.45) is 0. The summed E-state index contributed by atoms with van der Waals surface area (Å²) in [6.45, 7) is 5.81. The Bertz CT molecular complexity index is 567. The van der Waals surface area contributed by atoms with E-state index in [0.29, 0.717) is 0 Å². The Balaban J connectivity index is 2.72. The van der Waals surface area contributed by atoms with E-state index in [1.54, 1.807) is 0 Å². The van der Waals surface area contributed by atoms with Gasteiger partial charge in [0, 0.05) is 5.56 Å². The summed E-state index contributed by atoms with van der Waals surface area (Å²) in [7, 11) is 0. The number of hydrogen-bond donors (Lipinski definition) is 1.